The number of rotatable bonds is 3. The van der Waals surface area contributed by atoms with Crippen LogP contribution in [0.3, 0.4) is 0 Å². The minimum absolute atomic E-state index is 0.00911. The zero-order chi connectivity index (χ0) is 17.5. The average molecular weight is 348 g/mol. The predicted molar refractivity (Wildman–Crippen MR) is 98.2 cm³/mol. The van der Waals surface area contributed by atoms with Crippen molar-refractivity contribution in [2.75, 3.05) is 11.4 Å². The highest BCUT2D eigenvalue weighted by Crippen LogP contribution is 2.26. The van der Waals surface area contributed by atoms with E-state index in [0.29, 0.717) is 12.2 Å². The molecule has 0 radical (unpaired) electrons. The molecule has 1 unspecified atom stereocenters. The van der Waals surface area contributed by atoms with Gasteiger partial charge in [0.25, 0.3) is 5.56 Å². The van der Waals surface area contributed by atoms with E-state index in [-0.39, 0.29) is 11.6 Å². The Morgan fingerprint density at radius 1 is 1.12 bits per heavy atom. The molecule has 0 N–H and O–H groups in total. The van der Waals surface area contributed by atoms with E-state index in [4.69, 9.17) is 0 Å². The summed E-state index contributed by atoms with van der Waals surface area (Å²) in [6, 6.07) is 5.95. The van der Waals surface area contributed by atoms with E-state index in [9.17, 15) is 4.79 Å². The molecule has 0 bridgehead atoms. The first-order chi connectivity index (χ1) is 12.8. The number of anilines is 1. The standard InChI is InChI=1S/C19H20N6O/c26-18-11-13-3-1-5-15(13)23-25(18)12-14-4-2-10-24(14)17-7-6-16-19(22-17)21-9-8-20-16/h6-9,11,14H,1-5,10,12H2. The number of pyridine rings is 1. The molecule has 7 heteroatoms. The fourth-order valence-corrected chi connectivity index (χ4v) is 4.10. The summed E-state index contributed by atoms with van der Waals surface area (Å²) < 4.78 is 1.65. The summed E-state index contributed by atoms with van der Waals surface area (Å²) in [5.74, 6) is 0.898. The molecule has 2 aliphatic rings. The molecule has 1 saturated heterocycles. The molecule has 0 aromatic carbocycles. The first kappa shape index (κ1) is 15.4. The SMILES string of the molecule is O=c1cc2c(nn1CC1CCCN1c1ccc3nccnc3n1)CCC2. The van der Waals surface area contributed by atoms with Gasteiger partial charge in [0.2, 0.25) is 0 Å². The van der Waals surface area contributed by atoms with Gasteiger partial charge in [-0.2, -0.15) is 5.10 Å². The number of hydrogen-bond donors (Lipinski definition) is 0. The fraction of sp³-hybridized carbons (Fsp3) is 0.421. The Morgan fingerprint density at radius 3 is 3.00 bits per heavy atom. The lowest BCUT2D eigenvalue weighted by atomic mass is 10.2. The molecule has 0 amide bonds. The zero-order valence-electron chi connectivity index (χ0n) is 14.5. The van der Waals surface area contributed by atoms with Crippen LogP contribution in [0.1, 0.15) is 30.5 Å². The second-order valence-corrected chi connectivity index (χ2v) is 7.05. The van der Waals surface area contributed by atoms with E-state index < -0.39 is 0 Å². The third kappa shape index (κ3) is 2.64. The Balaban J connectivity index is 1.44. The normalized spacial score (nSPS) is 19.2. The van der Waals surface area contributed by atoms with Crippen LogP contribution in [0.2, 0.25) is 0 Å². The molecule has 3 aromatic rings. The quantitative estimate of drug-likeness (QED) is 0.717. The maximum atomic E-state index is 12.4. The van der Waals surface area contributed by atoms with Gasteiger partial charge in [-0.05, 0) is 49.8 Å². The monoisotopic (exact) mass is 348 g/mol. The highest BCUT2D eigenvalue weighted by atomic mass is 16.1. The van der Waals surface area contributed by atoms with E-state index >= 15 is 0 Å². The van der Waals surface area contributed by atoms with Crippen molar-refractivity contribution in [3.63, 3.8) is 0 Å². The summed E-state index contributed by atoms with van der Waals surface area (Å²) in [5, 5.41) is 4.63. The molecule has 1 aliphatic carbocycles. The second-order valence-electron chi connectivity index (χ2n) is 7.05. The molecular weight excluding hydrogens is 328 g/mol. The third-order valence-corrected chi connectivity index (χ3v) is 5.40. The lowest BCUT2D eigenvalue weighted by Gasteiger charge is -2.26. The van der Waals surface area contributed by atoms with Gasteiger partial charge in [-0.25, -0.2) is 14.6 Å². The molecule has 0 saturated carbocycles. The number of nitrogens with zero attached hydrogens (tertiary/aromatic N) is 6. The van der Waals surface area contributed by atoms with Gasteiger partial charge >= 0.3 is 0 Å². The highest BCUT2D eigenvalue weighted by Gasteiger charge is 2.27. The number of aryl methyl sites for hydroxylation is 2. The summed E-state index contributed by atoms with van der Waals surface area (Å²) in [6.45, 7) is 1.54. The van der Waals surface area contributed by atoms with Crippen molar-refractivity contribution in [2.24, 2.45) is 0 Å². The molecule has 4 heterocycles. The van der Waals surface area contributed by atoms with Gasteiger partial charge in [-0.15, -0.1) is 0 Å². The molecular formula is C19H20N6O. The van der Waals surface area contributed by atoms with Crippen molar-refractivity contribution in [3.8, 4) is 0 Å². The second kappa shape index (κ2) is 6.16. The summed E-state index contributed by atoms with van der Waals surface area (Å²) >= 11 is 0. The van der Waals surface area contributed by atoms with Gasteiger partial charge < -0.3 is 4.90 Å². The summed E-state index contributed by atoms with van der Waals surface area (Å²) in [5.41, 5.74) is 3.68. The van der Waals surface area contributed by atoms with E-state index in [1.807, 2.05) is 12.1 Å². The number of fused-ring (bicyclic) bond motifs is 2. The molecule has 26 heavy (non-hydrogen) atoms. The minimum atomic E-state index is 0.00911. The zero-order valence-corrected chi connectivity index (χ0v) is 14.5. The van der Waals surface area contributed by atoms with Crippen molar-refractivity contribution < 1.29 is 0 Å². The largest absolute Gasteiger partial charge is 0.352 e. The van der Waals surface area contributed by atoms with Gasteiger partial charge in [0.15, 0.2) is 5.65 Å². The van der Waals surface area contributed by atoms with Crippen LogP contribution in [0.15, 0.2) is 35.4 Å². The van der Waals surface area contributed by atoms with E-state index in [0.717, 1.165) is 61.2 Å². The van der Waals surface area contributed by atoms with Crippen LogP contribution >= 0.6 is 0 Å². The first-order valence-electron chi connectivity index (χ1n) is 9.22. The van der Waals surface area contributed by atoms with Crippen molar-refractivity contribution in [1.82, 2.24) is 24.7 Å². The first-order valence-corrected chi connectivity index (χ1v) is 9.22. The Bertz CT molecular complexity index is 1030. The van der Waals surface area contributed by atoms with E-state index in [1.54, 1.807) is 23.1 Å². The molecule has 1 fully saturated rings. The van der Waals surface area contributed by atoms with Crippen LogP contribution in [0.25, 0.3) is 11.2 Å². The van der Waals surface area contributed by atoms with Gasteiger partial charge in [-0.1, -0.05) is 0 Å². The number of hydrogen-bond acceptors (Lipinski definition) is 6. The lowest BCUT2D eigenvalue weighted by Crippen LogP contribution is -2.37. The van der Waals surface area contributed by atoms with Crippen LogP contribution in [-0.4, -0.2) is 37.3 Å². The maximum absolute atomic E-state index is 12.4. The van der Waals surface area contributed by atoms with E-state index in [1.165, 1.54) is 0 Å². The predicted octanol–water partition coefficient (Wildman–Crippen LogP) is 1.74. The molecule has 132 valence electrons. The summed E-state index contributed by atoms with van der Waals surface area (Å²) in [7, 11) is 0. The molecule has 7 nitrogen and oxygen atoms in total. The lowest BCUT2D eigenvalue weighted by molar-refractivity contribution is 0.482. The minimum Gasteiger partial charge on any atom is -0.352 e. The van der Waals surface area contributed by atoms with Gasteiger partial charge in [0.05, 0.1) is 18.3 Å². The van der Waals surface area contributed by atoms with Crippen molar-refractivity contribution in [1.29, 1.82) is 0 Å². The van der Waals surface area contributed by atoms with Crippen molar-refractivity contribution in [3.05, 3.63) is 52.2 Å². The molecule has 1 atom stereocenters. The molecule has 5 rings (SSSR count). The molecule has 0 spiro atoms. The summed E-state index contributed by atoms with van der Waals surface area (Å²) in [6.07, 6.45) is 8.52. The van der Waals surface area contributed by atoms with E-state index in [2.05, 4.69) is 25.0 Å². The van der Waals surface area contributed by atoms with Crippen LogP contribution in [-0.2, 0) is 19.4 Å². The fourth-order valence-electron chi connectivity index (χ4n) is 4.10. The Hall–Kier alpha value is -2.83. The maximum Gasteiger partial charge on any atom is 0.267 e. The third-order valence-electron chi connectivity index (χ3n) is 5.40. The highest BCUT2D eigenvalue weighted by molar-refractivity contribution is 5.71. The smallest absolute Gasteiger partial charge is 0.267 e. The Morgan fingerprint density at radius 2 is 2.04 bits per heavy atom. The van der Waals surface area contributed by atoms with Gasteiger partial charge in [-0.3, -0.25) is 9.78 Å². The average Bonchev–Trinajstić information content (AvgIpc) is 3.31. The van der Waals surface area contributed by atoms with Crippen LogP contribution in [0, 0.1) is 0 Å². The van der Waals surface area contributed by atoms with Crippen LogP contribution in [0.4, 0.5) is 5.82 Å². The molecule has 1 aliphatic heterocycles. The Labute approximate surface area is 150 Å². The van der Waals surface area contributed by atoms with Gasteiger partial charge in [0.1, 0.15) is 11.3 Å². The van der Waals surface area contributed by atoms with Crippen molar-refractivity contribution in [2.45, 2.75) is 44.7 Å². The number of aromatic nitrogens is 5. The topological polar surface area (TPSA) is 76.8 Å². The van der Waals surface area contributed by atoms with Gasteiger partial charge in [0, 0.05) is 25.0 Å². The Kier molecular flexibility index (Phi) is 3.65. The van der Waals surface area contributed by atoms with Crippen LogP contribution < -0.4 is 10.5 Å². The molecule has 3 aromatic heterocycles. The van der Waals surface area contributed by atoms with Crippen molar-refractivity contribution >= 4 is 17.0 Å². The van der Waals surface area contributed by atoms with Crippen LogP contribution in [0.5, 0.6) is 0 Å². The summed E-state index contributed by atoms with van der Waals surface area (Å²) in [4.78, 5) is 28.0.